The number of hydrogen-bond donors (Lipinski definition) is 1. The summed E-state index contributed by atoms with van der Waals surface area (Å²) in [4.78, 5) is 3.93. The molecule has 1 aromatic carbocycles. The van der Waals surface area contributed by atoms with E-state index in [1.54, 1.807) is 24.4 Å². The topological polar surface area (TPSA) is 76.3 Å². The van der Waals surface area contributed by atoms with Gasteiger partial charge in [0.2, 0.25) is 10.0 Å². The maximum atomic E-state index is 12.4. The largest absolute Gasteiger partial charge is 0.326 e. The first-order valence-corrected chi connectivity index (χ1v) is 7.79. The third-order valence-corrected chi connectivity index (χ3v) is 4.82. The van der Waals surface area contributed by atoms with Crippen molar-refractivity contribution in [2.24, 2.45) is 5.73 Å². The highest BCUT2D eigenvalue weighted by Gasteiger charge is 2.20. The highest BCUT2D eigenvalue weighted by atomic mass is 32.2. The van der Waals surface area contributed by atoms with E-state index in [0.717, 1.165) is 11.1 Å². The summed E-state index contributed by atoms with van der Waals surface area (Å²) in [6, 6.07) is 10.7. The monoisotopic (exact) mass is 291 g/mol. The van der Waals surface area contributed by atoms with Crippen LogP contribution in [0.5, 0.6) is 0 Å². The van der Waals surface area contributed by atoms with Gasteiger partial charge in [0.15, 0.2) is 0 Å². The molecule has 0 aliphatic carbocycles. The molecule has 0 fully saturated rings. The zero-order valence-electron chi connectivity index (χ0n) is 11.2. The number of hydrogen-bond acceptors (Lipinski definition) is 4. The van der Waals surface area contributed by atoms with Crippen molar-refractivity contribution in [3.8, 4) is 0 Å². The van der Waals surface area contributed by atoms with Gasteiger partial charge in [-0.25, -0.2) is 8.42 Å². The first-order chi connectivity index (χ1) is 9.54. The van der Waals surface area contributed by atoms with E-state index in [0.29, 0.717) is 12.2 Å². The van der Waals surface area contributed by atoms with Crippen LogP contribution >= 0.6 is 0 Å². The summed E-state index contributed by atoms with van der Waals surface area (Å²) < 4.78 is 26.1. The number of sulfonamides is 1. The molecule has 106 valence electrons. The van der Waals surface area contributed by atoms with E-state index in [4.69, 9.17) is 5.73 Å². The molecule has 0 spiro atoms. The standard InChI is InChI=1S/C14H17N3O2S/c1-17(14-7-4-8-16-10-14)20(18,19)11-13-6-3-2-5-12(13)9-15/h2-8,10H,9,11,15H2,1H3. The van der Waals surface area contributed by atoms with E-state index in [-0.39, 0.29) is 5.75 Å². The van der Waals surface area contributed by atoms with Crippen molar-refractivity contribution >= 4 is 15.7 Å². The molecule has 0 saturated heterocycles. The lowest BCUT2D eigenvalue weighted by Gasteiger charge is -2.19. The molecule has 0 unspecified atom stereocenters. The van der Waals surface area contributed by atoms with Gasteiger partial charge in [0.25, 0.3) is 0 Å². The fraction of sp³-hybridized carbons (Fsp3) is 0.214. The summed E-state index contributed by atoms with van der Waals surface area (Å²) >= 11 is 0. The van der Waals surface area contributed by atoms with Gasteiger partial charge in [-0.05, 0) is 23.3 Å². The summed E-state index contributed by atoms with van der Waals surface area (Å²) in [5.41, 5.74) is 7.75. The lowest BCUT2D eigenvalue weighted by molar-refractivity contribution is 0.593. The first-order valence-electron chi connectivity index (χ1n) is 6.18. The van der Waals surface area contributed by atoms with Crippen LogP contribution < -0.4 is 10.0 Å². The van der Waals surface area contributed by atoms with Crippen molar-refractivity contribution < 1.29 is 8.42 Å². The number of nitrogens with zero attached hydrogens (tertiary/aromatic N) is 2. The second-order valence-electron chi connectivity index (χ2n) is 4.41. The summed E-state index contributed by atoms with van der Waals surface area (Å²) in [5.74, 6) is -0.0776. The van der Waals surface area contributed by atoms with Crippen molar-refractivity contribution in [3.63, 3.8) is 0 Å². The van der Waals surface area contributed by atoms with E-state index in [1.165, 1.54) is 17.5 Å². The minimum absolute atomic E-state index is 0.0776. The van der Waals surface area contributed by atoms with Crippen LogP contribution in [-0.2, 0) is 22.3 Å². The fourth-order valence-electron chi connectivity index (χ4n) is 1.89. The van der Waals surface area contributed by atoms with E-state index in [1.807, 2.05) is 18.2 Å². The number of anilines is 1. The van der Waals surface area contributed by atoms with Crippen LogP contribution in [0.25, 0.3) is 0 Å². The highest BCUT2D eigenvalue weighted by molar-refractivity contribution is 7.92. The van der Waals surface area contributed by atoms with Gasteiger partial charge in [-0.1, -0.05) is 24.3 Å². The van der Waals surface area contributed by atoms with Gasteiger partial charge in [-0.15, -0.1) is 0 Å². The maximum absolute atomic E-state index is 12.4. The Labute approximate surface area is 119 Å². The minimum Gasteiger partial charge on any atom is -0.326 e. The fourth-order valence-corrected chi connectivity index (χ4v) is 3.19. The molecule has 0 aliphatic rings. The van der Waals surface area contributed by atoms with Crippen LogP contribution in [0.1, 0.15) is 11.1 Å². The van der Waals surface area contributed by atoms with E-state index >= 15 is 0 Å². The summed E-state index contributed by atoms with van der Waals surface area (Å²) in [6.45, 7) is 0.322. The Morgan fingerprint density at radius 1 is 1.15 bits per heavy atom. The van der Waals surface area contributed by atoms with Gasteiger partial charge in [0, 0.05) is 19.8 Å². The molecule has 1 aromatic heterocycles. The van der Waals surface area contributed by atoms with Gasteiger partial charge in [-0.3, -0.25) is 9.29 Å². The lowest BCUT2D eigenvalue weighted by Crippen LogP contribution is -2.28. The Kier molecular flexibility index (Phi) is 4.36. The normalized spacial score (nSPS) is 11.3. The average Bonchev–Trinajstić information content (AvgIpc) is 2.47. The number of aromatic nitrogens is 1. The predicted octanol–water partition coefficient (Wildman–Crippen LogP) is 1.51. The third-order valence-electron chi connectivity index (χ3n) is 3.10. The second kappa shape index (κ2) is 6.02. The van der Waals surface area contributed by atoms with Crippen LogP contribution in [-0.4, -0.2) is 20.4 Å². The van der Waals surface area contributed by atoms with E-state index in [9.17, 15) is 8.42 Å². The Morgan fingerprint density at radius 2 is 1.85 bits per heavy atom. The van der Waals surface area contributed by atoms with Crippen LogP contribution in [0.4, 0.5) is 5.69 Å². The average molecular weight is 291 g/mol. The molecule has 0 saturated carbocycles. The maximum Gasteiger partial charge on any atom is 0.239 e. The highest BCUT2D eigenvalue weighted by Crippen LogP contribution is 2.19. The van der Waals surface area contributed by atoms with E-state index in [2.05, 4.69) is 4.98 Å². The SMILES string of the molecule is CN(c1cccnc1)S(=O)(=O)Cc1ccccc1CN. The number of pyridine rings is 1. The molecular formula is C14H17N3O2S. The lowest BCUT2D eigenvalue weighted by atomic mass is 10.1. The molecule has 5 nitrogen and oxygen atoms in total. The van der Waals surface area contributed by atoms with Gasteiger partial charge >= 0.3 is 0 Å². The molecule has 6 heteroatoms. The molecule has 0 radical (unpaired) electrons. The van der Waals surface area contributed by atoms with Gasteiger partial charge in [0.1, 0.15) is 0 Å². The van der Waals surface area contributed by atoms with Crippen molar-refractivity contribution in [3.05, 3.63) is 59.9 Å². The molecule has 0 aliphatic heterocycles. The number of nitrogens with two attached hydrogens (primary N) is 1. The summed E-state index contributed by atoms with van der Waals surface area (Å²) in [5, 5.41) is 0. The number of rotatable bonds is 5. The molecule has 2 aromatic rings. The molecular weight excluding hydrogens is 274 g/mol. The van der Waals surface area contributed by atoms with Gasteiger partial charge in [-0.2, -0.15) is 0 Å². The van der Waals surface area contributed by atoms with Crippen molar-refractivity contribution in [2.45, 2.75) is 12.3 Å². The Hall–Kier alpha value is -1.92. The van der Waals surface area contributed by atoms with Gasteiger partial charge < -0.3 is 5.73 Å². The van der Waals surface area contributed by atoms with Crippen LogP contribution in [0.3, 0.4) is 0 Å². The molecule has 20 heavy (non-hydrogen) atoms. The number of benzene rings is 1. The van der Waals surface area contributed by atoms with Crippen molar-refractivity contribution in [1.29, 1.82) is 0 Å². The molecule has 0 amide bonds. The Bertz CT molecular complexity index is 672. The van der Waals surface area contributed by atoms with Crippen LogP contribution in [0.15, 0.2) is 48.8 Å². The van der Waals surface area contributed by atoms with E-state index < -0.39 is 10.0 Å². The molecule has 0 atom stereocenters. The molecule has 2 N–H and O–H groups in total. The zero-order chi connectivity index (χ0) is 14.6. The smallest absolute Gasteiger partial charge is 0.239 e. The summed E-state index contributed by atoms with van der Waals surface area (Å²) in [6.07, 6.45) is 3.13. The Balaban J connectivity index is 2.28. The van der Waals surface area contributed by atoms with Crippen LogP contribution in [0.2, 0.25) is 0 Å². The summed E-state index contributed by atoms with van der Waals surface area (Å²) in [7, 11) is -1.94. The third kappa shape index (κ3) is 3.15. The predicted molar refractivity (Wildman–Crippen MR) is 79.6 cm³/mol. The second-order valence-corrected chi connectivity index (χ2v) is 6.41. The minimum atomic E-state index is -3.46. The molecule has 1 heterocycles. The van der Waals surface area contributed by atoms with Crippen molar-refractivity contribution in [2.75, 3.05) is 11.4 Å². The zero-order valence-corrected chi connectivity index (χ0v) is 12.0. The van der Waals surface area contributed by atoms with Crippen LogP contribution in [0, 0.1) is 0 Å². The van der Waals surface area contributed by atoms with Crippen molar-refractivity contribution in [1.82, 2.24) is 4.98 Å². The Morgan fingerprint density at radius 3 is 2.45 bits per heavy atom. The quantitative estimate of drug-likeness (QED) is 0.906. The first kappa shape index (κ1) is 14.5. The molecule has 0 bridgehead atoms. The molecule has 2 rings (SSSR count). The van der Waals surface area contributed by atoms with Gasteiger partial charge in [0.05, 0.1) is 17.6 Å².